The lowest BCUT2D eigenvalue weighted by molar-refractivity contribution is 0.0294. The molecule has 0 heteroatoms. The van der Waals surface area contributed by atoms with Crippen LogP contribution in [0.15, 0.2) is 0 Å². The van der Waals surface area contributed by atoms with Gasteiger partial charge in [-0.05, 0) is 55.3 Å². The zero-order valence-electron chi connectivity index (χ0n) is 18.1. The van der Waals surface area contributed by atoms with Crippen molar-refractivity contribution in [1.82, 2.24) is 0 Å². The summed E-state index contributed by atoms with van der Waals surface area (Å²) in [6, 6.07) is 0. The van der Waals surface area contributed by atoms with Crippen molar-refractivity contribution in [3.8, 4) is 0 Å². The fourth-order valence-electron chi connectivity index (χ4n) is 7.09. The Hall–Kier alpha value is 0. The number of hydrogen-bond donors (Lipinski definition) is 0. The second kappa shape index (κ2) is 11.1. The van der Waals surface area contributed by atoms with E-state index in [0.29, 0.717) is 0 Å². The fraction of sp³-hybridized carbons (Fsp3) is 1.00. The maximum absolute atomic E-state index is 2.33. The Balaban J connectivity index is 1.42. The van der Waals surface area contributed by atoms with Gasteiger partial charge in [-0.2, -0.15) is 0 Å². The van der Waals surface area contributed by atoms with Gasteiger partial charge in [0.1, 0.15) is 0 Å². The molecule has 0 aromatic rings. The molecule has 3 aliphatic rings. The first-order valence-corrected chi connectivity index (χ1v) is 12.8. The predicted molar refractivity (Wildman–Crippen MR) is 116 cm³/mol. The van der Waals surface area contributed by atoms with E-state index in [1.807, 2.05) is 0 Å². The van der Waals surface area contributed by atoms with E-state index in [2.05, 4.69) is 6.92 Å². The van der Waals surface area contributed by atoms with Crippen molar-refractivity contribution in [3.05, 3.63) is 0 Å². The zero-order chi connectivity index (χ0) is 18.1. The molecule has 152 valence electrons. The number of hydrogen-bond acceptors (Lipinski definition) is 0. The van der Waals surface area contributed by atoms with Gasteiger partial charge in [0.15, 0.2) is 0 Å². The van der Waals surface area contributed by atoms with Gasteiger partial charge in [0.05, 0.1) is 0 Å². The van der Waals surface area contributed by atoms with Gasteiger partial charge in [0.2, 0.25) is 0 Å². The van der Waals surface area contributed by atoms with Crippen LogP contribution in [0.1, 0.15) is 142 Å². The van der Waals surface area contributed by atoms with Gasteiger partial charge in [-0.25, -0.2) is 0 Å². The van der Waals surface area contributed by atoms with Crippen molar-refractivity contribution in [3.63, 3.8) is 0 Å². The van der Waals surface area contributed by atoms with Crippen LogP contribution in [0.3, 0.4) is 0 Å². The minimum Gasteiger partial charge on any atom is -0.0654 e. The maximum Gasteiger partial charge on any atom is -0.0267 e. The van der Waals surface area contributed by atoms with Crippen LogP contribution in [0.4, 0.5) is 0 Å². The summed E-state index contributed by atoms with van der Waals surface area (Å²) in [6.07, 6.45) is 32.4. The Kier molecular flexibility index (Phi) is 8.86. The summed E-state index contributed by atoms with van der Waals surface area (Å²) in [5, 5.41) is 0. The molecule has 0 N–H and O–H groups in total. The Morgan fingerprint density at radius 3 is 1.92 bits per heavy atom. The highest BCUT2D eigenvalue weighted by Gasteiger charge is 2.41. The molecule has 3 fully saturated rings. The van der Waals surface area contributed by atoms with Gasteiger partial charge in [0.25, 0.3) is 0 Å². The van der Waals surface area contributed by atoms with Crippen LogP contribution in [-0.4, -0.2) is 0 Å². The molecule has 0 spiro atoms. The third-order valence-electron chi connectivity index (χ3n) is 8.70. The Bertz CT molecular complexity index is 350. The summed E-state index contributed by atoms with van der Waals surface area (Å²) in [5.74, 6) is 3.28. The molecule has 0 bridgehead atoms. The van der Waals surface area contributed by atoms with Crippen molar-refractivity contribution in [2.75, 3.05) is 0 Å². The monoisotopic (exact) mass is 360 g/mol. The zero-order valence-corrected chi connectivity index (χ0v) is 18.1. The standard InChI is InChI=1S/C26H48/c1-2-3-4-5-8-13-23-16-18-24(19-17-23)22-26(20-11-7-12-21-26)25-14-9-6-10-15-25/h23-25H,2-22H2,1H3. The topological polar surface area (TPSA) is 0 Å². The lowest BCUT2D eigenvalue weighted by atomic mass is 9.57. The van der Waals surface area contributed by atoms with E-state index in [1.54, 1.807) is 77.0 Å². The van der Waals surface area contributed by atoms with E-state index in [4.69, 9.17) is 0 Å². The van der Waals surface area contributed by atoms with Crippen molar-refractivity contribution in [2.45, 2.75) is 142 Å². The molecule has 0 saturated heterocycles. The normalized spacial score (nSPS) is 30.3. The highest BCUT2D eigenvalue weighted by atomic mass is 14.5. The van der Waals surface area contributed by atoms with Crippen LogP contribution in [0, 0.1) is 23.2 Å². The molecule has 0 atom stereocenters. The van der Waals surface area contributed by atoms with Gasteiger partial charge in [0, 0.05) is 0 Å². The van der Waals surface area contributed by atoms with E-state index < -0.39 is 0 Å². The second-order valence-electron chi connectivity index (χ2n) is 10.6. The van der Waals surface area contributed by atoms with Gasteiger partial charge >= 0.3 is 0 Å². The lowest BCUT2D eigenvalue weighted by Gasteiger charge is -2.48. The average Bonchev–Trinajstić information content (AvgIpc) is 2.70. The van der Waals surface area contributed by atoms with Crippen LogP contribution >= 0.6 is 0 Å². The van der Waals surface area contributed by atoms with Crippen molar-refractivity contribution in [1.29, 1.82) is 0 Å². The Labute approximate surface area is 165 Å². The van der Waals surface area contributed by atoms with E-state index in [0.717, 1.165) is 23.2 Å². The summed E-state index contributed by atoms with van der Waals surface area (Å²) >= 11 is 0. The molecule has 0 aliphatic heterocycles. The van der Waals surface area contributed by atoms with Crippen LogP contribution in [0.25, 0.3) is 0 Å². The summed E-state index contributed by atoms with van der Waals surface area (Å²) in [7, 11) is 0. The summed E-state index contributed by atoms with van der Waals surface area (Å²) in [6.45, 7) is 2.33. The molecule has 26 heavy (non-hydrogen) atoms. The number of unbranched alkanes of at least 4 members (excludes halogenated alkanes) is 4. The molecular weight excluding hydrogens is 312 g/mol. The Morgan fingerprint density at radius 2 is 1.23 bits per heavy atom. The molecule has 0 aromatic heterocycles. The molecule has 0 unspecified atom stereocenters. The molecule has 3 aliphatic carbocycles. The summed E-state index contributed by atoms with van der Waals surface area (Å²) in [5.41, 5.74) is 0.788. The molecule has 0 aromatic carbocycles. The number of rotatable bonds is 9. The van der Waals surface area contributed by atoms with Crippen LogP contribution in [0.5, 0.6) is 0 Å². The fourth-order valence-corrected chi connectivity index (χ4v) is 7.09. The van der Waals surface area contributed by atoms with Crippen molar-refractivity contribution < 1.29 is 0 Å². The third-order valence-corrected chi connectivity index (χ3v) is 8.70. The van der Waals surface area contributed by atoms with E-state index >= 15 is 0 Å². The summed E-state index contributed by atoms with van der Waals surface area (Å²) < 4.78 is 0. The van der Waals surface area contributed by atoms with Crippen molar-refractivity contribution in [2.24, 2.45) is 23.2 Å². The quantitative estimate of drug-likeness (QED) is 0.360. The minimum absolute atomic E-state index is 0.788. The molecule has 0 radical (unpaired) electrons. The van der Waals surface area contributed by atoms with Gasteiger partial charge in [-0.15, -0.1) is 0 Å². The SMILES string of the molecule is CCCCCCCC1CCC(CC2(C3CCCCC3)CCCCC2)CC1. The molecule has 0 nitrogen and oxygen atoms in total. The molecule has 3 saturated carbocycles. The highest BCUT2D eigenvalue weighted by Crippen LogP contribution is 2.53. The van der Waals surface area contributed by atoms with Crippen LogP contribution in [0.2, 0.25) is 0 Å². The van der Waals surface area contributed by atoms with Crippen molar-refractivity contribution >= 4 is 0 Å². The Morgan fingerprint density at radius 1 is 0.615 bits per heavy atom. The highest BCUT2D eigenvalue weighted by molar-refractivity contribution is 4.92. The first-order chi connectivity index (χ1) is 12.8. The van der Waals surface area contributed by atoms with Gasteiger partial charge in [-0.1, -0.05) is 110 Å². The smallest absolute Gasteiger partial charge is 0.0267 e. The van der Waals surface area contributed by atoms with E-state index in [1.165, 1.54) is 57.8 Å². The predicted octanol–water partition coefficient (Wildman–Crippen LogP) is 9.07. The van der Waals surface area contributed by atoms with E-state index in [9.17, 15) is 0 Å². The molecule has 0 heterocycles. The lowest BCUT2D eigenvalue weighted by Crippen LogP contribution is -2.37. The average molecular weight is 361 g/mol. The second-order valence-corrected chi connectivity index (χ2v) is 10.6. The maximum atomic E-state index is 2.33. The van der Waals surface area contributed by atoms with Gasteiger partial charge < -0.3 is 0 Å². The van der Waals surface area contributed by atoms with Crippen LogP contribution < -0.4 is 0 Å². The largest absolute Gasteiger partial charge is 0.0654 e. The molecule has 3 rings (SSSR count). The molecule has 0 amide bonds. The summed E-state index contributed by atoms with van der Waals surface area (Å²) in [4.78, 5) is 0. The van der Waals surface area contributed by atoms with E-state index in [-0.39, 0.29) is 0 Å². The first-order valence-electron chi connectivity index (χ1n) is 12.8. The first kappa shape index (κ1) is 20.7. The van der Waals surface area contributed by atoms with Gasteiger partial charge in [-0.3, -0.25) is 0 Å². The van der Waals surface area contributed by atoms with Crippen LogP contribution in [-0.2, 0) is 0 Å². The molecular formula is C26H48. The minimum atomic E-state index is 0.788. The third kappa shape index (κ3) is 6.00.